The first-order valence-electron chi connectivity index (χ1n) is 8.19. The van der Waals surface area contributed by atoms with Crippen molar-refractivity contribution in [2.24, 2.45) is 0 Å². The van der Waals surface area contributed by atoms with Gasteiger partial charge in [0.25, 0.3) is 11.6 Å². The van der Waals surface area contributed by atoms with Crippen LogP contribution in [-0.4, -0.2) is 35.5 Å². The van der Waals surface area contributed by atoms with Gasteiger partial charge in [0.05, 0.1) is 17.1 Å². The first-order chi connectivity index (χ1) is 13.2. The molecule has 28 heavy (non-hydrogen) atoms. The minimum absolute atomic E-state index is 0.0577. The molecule has 0 fully saturated rings. The molecule has 1 amide bonds. The van der Waals surface area contributed by atoms with Gasteiger partial charge in [-0.1, -0.05) is 0 Å². The van der Waals surface area contributed by atoms with Crippen LogP contribution < -0.4 is 15.4 Å². The van der Waals surface area contributed by atoms with E-state index < -0.39 is 28.3 Å². The summed E-state index contributed by atoms with van der Waals surface area (Å²) in [5.74, 6) is -0.283. The molecule has 1 aromatic carbocycles. The van der Waals surface area contributed by atoms with Crippen molar-refractivity contribution in [3.8, 4) is 5.88 Å². The molecule has 1 heterocycles. The Hall–Kier alpha value is -3.37. The molecule has 0 radical (unpaired) electrons. The number of nitro groups is 1. The predicted octanol–water partition coefficient (Wildman–Crippen LogP) is 3.25. The highest BCUT2D eigenvalue weighted by Gasteiger charge is 2.33. The molecule has 0 aliphatic rings. The van der Waals surface area contributed by atoms with E-state index in [-0.39, 0.29) is 30.2 Å². The van der Waals surface area contributed by atoms with Crippen LogP contribution in [0.3, 0.4) is 0 Å². The number of alkyl halides is 3. The lowest BCUT2D eigenvalue weighted by atomic mass is 10.1. The molecule has 0 saturated heterocycles. The molecule has 11 heteroatoms. The molecule has 0 aliphatic carbocycles. The van der Waals surface area contributed by atoms with E-state index in [9.17, 15) is 28.1 Å². The average Bonchev–Trinajstić information content (AvgIpc) is 2.65. The topological polar surface area (TPSA) is 106 Å². The Morgan fingerprint density at radius 1 is 1.29 bits per heavy atom. The standard InChI is InChI=1S/C17H17F3N4O4/c1-2-28-16-12(4-3-7-23-16)15(25)22-9-8-21-13-6-5-11(17(18,19)20)10-14(13)24(26)27/h3-7,10,21H,2,8-9H2,1H3,(H,22,25). The van der Waals surface area contributed by atoms with Crippen LogP contribution in [0.25, 0.3) is 0 Å². The Labute approximate surface area is 157 Å². The fourth-order valence-corrected chi connectivity index (χ4v) is 2.29. The number of nitrogens with one attached hydrogen (secondary N) is 2. The van der Waals surface area contributed by atoms with Crippen LogP contribution in [0, 0.1) is 10.1 Å². The van der Waals surface area contributed by atoms with Gasteiger partial charge in [-0.15, -0.1) is 0 Å². The van der Waals surface area contributed by atoms with Crippen LogP contribution >= 0.6 is 0 Å². The van der Waals surface area contributed by atoms with E-state index in [0.717, 1.165) is 12.1 Å². The number of hydrogen-bond acceptors (Lipinski definition) is 6. The molecule has 0 saturated carbocycles. The van der Waals surface area contributed by atoms with E-state index in [0.29, 0.717) is 12.7 Å². The lowest BCUT2D eigenvalue weighted by Gasteiger charge is -2.12. The van der Waals surface area contributed by atoms with Crippen molar-refractivity contribution in [2.45, 2.75) is 13.1 Å². The molecule has 150 valence electrons. The number of pyridine rings is 1. The Balaban J connectivity index is 1.98. The van der Waals surface area contributed by atoms with Crippen molar-refractivity contribution in [3.63, 3.8) is 0 Å². The van der Waals surface area contributed by atoms with E-state index in [1.54, 1.807) is 13.0 Å². The number of hydrogen-bond donors (Lipinski definition) is 2. The molecule has 0 spiro atoms. The molecule has 2 rings (SSSR count). The zero-order chi connectivity index (χ0) is 20.7. The first kappa shape index (κ1) is 20.9. The van der Waals surface area contributed by atoms with Crippen molar-refractivity contribution in [3.05, 3.63) is 57.8 Å². The summed E-state index contributed by atoms with van der Waals surface area (Å²) in [5.41, 5.74) is -1.67. The van der Waals surface area contributed by atoms with Crippen molar-refractivity contribution in [1.29, 1.82) is 0 Å². The summed E-state index contributed by atoms with van der Waals surface area (Å²) in [6.45, 7) is 2.20. The van der Waals surface area contributed by atoms with Gasteiger partial charge in [-0.05, 0) is 31.2 Å². The molecule has 1 aromatic heterocycles. The summed E-state index contributed by atoms with van der Waals surface area (Å²) >= 11 is 0. The van der Waals surface area contributed by atoms with Crippen LogP contribution in [0.5, 0.6) is 5.88 Å². The van der Waals surface area contributed by atoms with Gasteiger partial charge in [0, 0.05) is 25.4 Å². The highest BCUT2D eigenvalue weighted by Crippen LogP contribution is 2.34. The monoisotopic (exact) mass is 398 g/mol. The Morgan fingerprint density at radius 3 is 2.68 bits per heavy atom. The largest absolute Gasteiger partial charge is 0.477 e. The van der Waals surface area contributed by atoms with Gasteiger partial charge < -0.3 is 15.4 Å². The molecule has 2 N–H and O–H groups in total. The van der Waals surface area contributed by atoms with Crippen LogP contribution in [-0.2, 0) is 6.18 Å². The number of rotatable bonds is 8. The van der Waals surface area contributed by atoms with E-state index >= 15 is 0 Å². The molecule has 0 bridgehead atoms. The maximum atomic E-state index is 12.7. The predicted molar refractivity (Wildman–Crippen MR) is 94.3 cm³/mol. The van der Waals surface area contributed by atoms with Gasteiger partial charge in [-0.2, -0.15) is 13.2 Å². The zero-order valence-electron chi connectivity index (χ0n) is 14.7. The number of benzene rings is 1. The lowest BCUT2D eigenvalue weighted by molar-refractivity contribution is -0.384. The first-order valence-corrected chi connectivity index (χ1v) is 8.19. The number of anilines is 1. The van der Waals surface area contributed by atoms with Crippen molar-refractivity contribution >= 4 is 17.3 Å². The van der Waals surface area contributed by atoms with Crippen LogP contribution in [0.4, 0.5) is 24.5 Å². The molecule has 0 atom stereocenters. The minimum Gasteiger partial charge on any atom is -0.477 e. The quantitative estimate of drug-likeness (QED) is 0.402. The van der Waals surface area contributed by atoms with E-state index in [1.807, 2.05) is 0 Å². The fraction of sp³-hybridized carbons (Fsp3) is 0.294. The molecule has 8 nitrogen and oxygen atoms in total. The lowest BCUT2D eigenvalue weighted by Crippen LogP contribution is -2.29. The molecular formula is C17H17F3N4O4. The van der Waals surface area contributed by atoms with Crippen molar-refractivity contribution in [1.82, 2.24) is 10.3 Å². The third-order valence-electron chi connectivity index (χ3n) is 3.54. The Morgan fingerprint density at radius 2 is 2.04 bits per heavy atom. The van der Waals surface area contributed by atoms with Gasteiger partial charge in [-0.25, -0.2) is 4.98 Å². The van der Waals surface area contributed by atoms with Crippen LogP contribution in [0.1, 0.15) is 22.8 Å². The number of ether oxygens (including phenoxy) is 1. The van der Waals surface area contributed by atoms with Crippen LogP contribution in [0.15, 0.2) is 36.5 Å². The number of carbonyl (C=O) groups is 1. The van der Waals surface area contributed by atoms with Crippen molar-refractivity contribution in [2.75, 3.05) is 25.0 Å². The number of carbonyl (C=O) groups excluding carboxylic acids is 1. The summed E-state index contributed by atoms with van der Waals surface area (Å²) in [6, 6.07) is 5.29. The third-order valence-corrected chi connectivity index (χ3v) is 3.54. The molecular weight excluding hydrogens is 381 g/mol. The van der Waals surface area contributed by atoms with E-state index in [1.165, 1.54) is 12.3 Å². The highest BCUT2D eigenvalue weighted by molar-refractivity contribution is 5.96. The van der Waals surface area contributed by atoms with Crippen LogP contribution in [0.2, 0.25) is 0 Å². The Bertz CT molecular complexity index is 859. The van der Waals surface area contributed by atoms with E-state index in [2.05, 4.69) is 15.6 Å². The number of nitrogens with zero attached hydrogens (tertiary/aromatic N) is 2. The van der Waals surface area contributed by atoms with E-state index in [4.69, 9.17) is 4.74 Å². The molecule has 2 aromatic rings. The second-order valence-electron chi connectivity index (χ2n) is 5.46. The number of aromatic nitrogens is 1. The summed E-state index contributed by atoms with van der Waals surface area (Å²) in [7, 11) is 0. The second kappa shape index (κ2) is 9.02. The smallest absolute Gasteiger partial charge is 0.416 e. The number of amides is 1. The molecule has 0 aliphatic heterocycles. The summed E-state index contributed by atoms with van der Waals surface area (Å²) < 4.78 is 43.4. The third kappa shape index (κ3) is 5.32. The van der Waals surface area contributed by atoms with Gasteiger partial charge in [-0.3, -0.25) is 14.9 Å². The Kier molecular flexibility index (Phi) is 6.74. The van der Waals surface area contributed by atoms with Gasteiger partial charge in [0.1, 0.15) is 11.3 Å². The maximum Gasteiger partial charge on any atom is 0.416 e. The fourth-order valence-electron chi connectivity index (χ4n) is 2.29. The summed E-state index contributed by atoms with van der Waals surface area (Å²) in [6.07, 6.45) is -3.20. The zero-order valence-corrected chi connectivity index (χ0v) is 14.7. The SMILES string of the molecule is CCOc1ncccc1C(=O)NCCNc1ccc(C(F)(F)F)cc1[N+](=O)[O-]. The molecule has 0 unspecified atom stereocenters. The number of halogens is 3. The second-order valence-corrected chi connectivity index (χ2v) is 5.46. The van der Waals surface area contributed by atoms with Gasteiger partial charge >= 0.3 is 6.18 Å². The summed E-state index contributed by atoms with van der Waals surface area (Å²) in [5, 5.41) is 16.3. The maximum absolute atomic E-state index is 12.7. The number of nitro benzene ring substituents is 1. The minimum atomic E-state index is -4.68. The average molecular weight is 398 g/mol. The van der Waals surface area contributed by atoms with Gasteiger partial charge in [0.2, 0.25) is 5.88 Å². The highest BCUT2D eigenvalue weighted by atomic mass is 19.4. The van der Waals surface area contributed by atoms with Gasteiger partial charge in [0.15, 0.2) is 0 Å². The van der Waals surface area contributed by atoms with Crippen molar-refractivity contribution < 1.29 is 27.6 Å². The summed E-state index contributed by atoms with van der Waals surface area (Å²) in [4.78, 5) is 26.3. The normalized spacial score (nSPS) is 11.0.